The summed E-state index contributed by atoms with van der Waals surface area (Å²) in [5, 5.41) is 33.2. The minimum absolute atomic E-state index is 0.0187. The predicted octanol–water partition coefficient (Wildman–Crippen LogP) is 2.53. The van der Waals surface area contributed by atoms with Crippen LogP contribution in [0.5, 0.6) is 11.5 Å². The Morgan fingerprint density at radius 1 is 1.13 bits per heavy atom. The van der Waals surface area contributed by atoms with E-state index in [1.807, 2.05) is 4.90 Å². The molecule has 0 bridgehead atoms. The van der Waals surface area contributed by atoms with E-state index in [4.69, 9.17) is 9.47 Å². The Bertz CT molecular complexity index is 1020. The molecule has 10 heteroatoms. The van der Waals surface area contributed by atoms with Gasteiger partial charge in [-0.15, -0.1) is 0 Å². The Labute approximate surface area is 237 Å². The first-order valence-corrected chi connectivity index (χ1v) is 14.7. The maximum absolute atomic E-state index is 13.5. The first-order valence-electron chi connectivity index (χ1n) is 13.6. The van der Waals surface area contributed by atoms with Gasteiger partial charge in [0.15, 0.2) is 11.5 Å². The molecule has 0 heterocycles. The lowest BCUT2D eigenvalue weighted by molar-refractivity contribution is -0.141. The zero-order valence-electron chi connectivity index (χ0n) is 21.9. The molecule has 0 aromatic heterocycles. The van der Waals surface area contributed by atoms with Crippen LogP contribution in [0.4, 0.5) is 0 Å². The Morgan fingerprint density at radius 2 is 1.87 bits per heavy atom. The summed E-state index contributed by atoms with van der Waals surface area (Å²) in [7, 11) is 1.50. The fraction of sp³-hybridized carbons (Fsp3) is 0.643. The molecule has 3 atom stereocenters. The van der Waals surface area contributed by atoms with Gasteiger partial charge in [-0.25, -0.2) is 0 Å². The molecule has 4 N–H and O–H groups in total. The molecule has 4 rings (SSSR count). The number of aliphatic hydroxyl groups excluding tert-OH is 3. The van der Waals surface area contributed by atoms with Crippen molar-refractivity contribution in [1.29, 1.82) is 0 Å². The number of ether oxygens (including phenoxy) is 2. The smallest absolute Gasteiger partial charge is 0.247 e. The number of halogens is 1. The number of nitrogens with zero attached hydrogens (tertiary/aromatic N) is 1. The van der Waals surface area contributed by atoms with Crippen molar-refractivity contribution in [2.75, 3.05) is 26.8 Å². The molecular formula is C28H39IN2O7. The lowest BCUT2D eigenvalue weighted by atomic mass is 9.85. The molecule has 2 amide bonds. The van der Waals surface area contributed by atoms with Gasteiger partial charge in [-0.3, -0.25) is 9.59 Å². The van der Waals surface area contributed by atoms with Crippen LogP contribution in [0.15, 0.2) is 23.8 Å². The van der Waals surface area contributed by atoms with Gasteiger partial charge in [-0.2, -0.15) is 0 Å². The van der Waals surface area contributed by atoms with Crippen molar-refractivity contribution in [2.45, 2.75) is 76.2 Å². The second kappa shape index (κ2) is 13.5. The van der Waals surface area contributed by atoms with E-state index in [1.165, 1.54) is 13.5 Å². The van der Waals surface area contributed by atoms with E-state index in [0.29, 0.717) is 38.7 Å². The molecule has 38 heavy (non-hydrogen) atoms. The summed E-state index contributed by atoms with van der Waals surface area (Å²) in [6.45, 7) is 0.332. The molecular weight excluding hydrogens is 603 g/mol. The normalized spacial score (nSPS) is 23.9. The number of hydrogen-bond acceptors (Lipinski definition) is 7. The van der Waals surface area contributed by atoms with Crippen molar-refractivity contribution in [3.63, 3.8) is 0 Å². The molecule has 1 aromatic rings. The summed E-state index contributed by atoms with van der Waals surface area (Å²) >= 11 is 2.09. The molecule has 2 saturated carbocycles. The summed E-state index contributed by atoms with van der Waals surface area (Å²) in [6.07, 6.45) is 7.18. The average molecular weight is 643 g/mol. The average Bonchev–Trinajstić information content (AvgIpc) is 3.78. The molecule has 3 aliphatic carbocycles. The van der Waals surface area contributed by atoms with Crippen LogP contribution in [-0.4, -0.2) is 77.1 Å². The quantitative estimate of drug-likeness (QED) is 0.273. The predicted molar refractivity (Wildman–Crippen MR) is 150 cm³/mol. The Hall–Kier alpha value is -1.89. The molecule has 0 saturated heterocycles. The van der Waals surface area contributed by atoms with E-state index in [-0.39, 0.29) is 43.9 Å². The van der Waals surface area contributed by atoms with Crippen molar-refractivity contribution < 1.29 is 34.4 Å². The molecule has 3 unspecified atom stereocenters. The maximum Gasteiger partial charge on any atom is 0.247 e. The van der Waals surface area contributed by atoms with Crippen molar-refractivity contribution in [3.05, 3.63) is 32.9 Å². The summed E-state index contributed by atoms with van der Waals surface area (Å²) in [4.78, 5) is 28.4. The Balaban J connectivity index is 1.66. The number of rotatable bonds is 11. The molecule has 210 valence electrons. The minimum Gasteiger partial charge on any atom is -0.493 e. The number of carbonyl (C=O) groups is 2. The van der Waals surface area contributed by atoms with Gasteiger partial charge in [0.2, 0.25) is 11.8 Å². The van der Waals surface area contributed by atoms with E-state index < -0.39 is 18.2 Å². The summed E-state index contributed by atoms with van der Waals surface area (Å²) in [6, 6.07) is 2.83. The van der Waals surface area contributed by atoms with Crippen LogP contribution in [0.25, 0.3) is 0 Å². The van der Waals surface area contributed by atoms with Crippen molar-refractivity contribution in [2.24, 2.45) is 11.8 Å². The topological polar surface area (TPSA) is 129 Å². The number of benzene rings is 1. The van der Waals surface area contributed by atoms with Crippen LogP contribution in [0, 0.1) is 15.4 Å². The second-order valence-electron chi connectivity index (χ2n) is 10.6. The largest absolute Gasteiger partial charge is 0.493 e. The van der Waals surface area contributed by atoms with Gasteiger partial charge in [0.25, 0.3) is 0 Å². The van der Waals surface area contributed by atoms with E-state index in [1.54, 1.807) is 18.2 Å². The zero-order chi connectivity index (χ0) is 27.2. The van der Waals surface area contributed by atoms with E-state index in [9.17, 15) is 24.9 Å². The van der Waals surface area contributed by atoms with Crippen LogP contribution in [0.3, 0.4) is 0 Å². The third kappa shape index (κ3) is 7.00. The van der Waals surface area contributed by atoms with Gasteiger partial charge in [-0.1, -0.05) is 19.3 Å². The van der Waals surface area contributed by atoms with Crippen molar-refractivity contribution in [3.8, 4) is 11.5 Å². The van der Waals surface area contributed by atoms with E-state index in [0.717, 1.165) is 38.5 Å². The molecule has 0 radical (unpaired) electrons. The SMILES string of the molecule is COc1cc(CO)cc(I)c1OC1C=C(C(=O)NCCO)CC(N(CC2CCCCC2)C(=O)C2CC2)C1O. The molecule has 0 spiro atoms. The highest BCUT2D eigenvalue weighted by Gasteiger charge is 2.44. The third-order valence-electron chi connectivity index (χ3n) is 7.73. The van der Waals surface area contributed by atoms with Gasteiger partial charge >= 0.3 is 0 Å². The molecule has 1 aromatic carbocycles. The number of aliphatic hydroxyl groups is 3. The molecule has 2 fully saturated rings. The Kier molecular flexibility index (Phi) is 10.3. The van der Waals surface area contributed by atoms with Gasteiger partial charge in [-0.05, 0) is 78.0 Å². The zero-order valence-corrected chi connectivity index (χ0v) is 24.1. The Morgan fingerprint density at radius 3 is 2.50 bits per heavy atom. The first-order chi connectivity index (χ1) is 18.4. The third-order valence-corrected chi connectivity index (χ3v) is 8.53. The van der Waals surface area contributed by atoms with Gasteiger partial charge in [0.1, 0.15) is 12.2 Å². The van der Waals surface area contributed by atoms with Gasteiger partial charge in [0.05, 0.1) is 29.9 Å². The monoisotopic (exact) mass is 642 g/mol. The standard InChI is InChI=1S/C28H39IN2O7/c1-37-24-12-18(16-33)11-21(29)26(24)38-23-14-20(27(35)30-9-10-32)13-22(25(23)34)31(28(36)19-7-8-19)15-17-5-3-2-4-6-17/h11-12,14,17,19,22-23,25,32-34H,2-10,13,15-16H2,1H3,(H,30,35). The minimum atomic E-state index is -1.06. The fourth-order valence-corrected chi connectivity index (χ4v) is 6.29. The van der Waals surface area contributed by atoms with Crippen LogP contribution < -0.4 is 14.8 Å². The number of methoxy groups -OCH3 is 1. The van der Waals surface area contributed by atoms with Crippen LogP contribution in [-0.2, 0) is 16.2 Å². The highest BCUT2D eigenvalue weighted by Crippen LogP contribution is 2.39. The molecule has 9 nitrogen and oxygen atoms in total. The second-order valence-corrected chi connectivity index (χ2v) is 11.7. The molecule has 0 aliphatic heterocycles. The summed E-state index contributed by atoms with van der Waals surface area (Å²) in [5.41, 5.74) is 1.07. The number of hydrogen-bond donors (Lipinski definition) is 4. The fourth-order valence-electron chi connectivity index (χ4n) is 5.50. The van der Waals surface area contributed by atoms with Gasteiger partial charge < -0.3 is 35.0 Å². The van der Waals surface area contributed by atoms with Crippen LogP contribution in [0.2, 0.25) is 0 Å². The van der Waals surface area contributed by atoms with Gasteiger partial charge in [0, 0.05) is 31.0 Å². The number of carbonyl (C=O) groups excluding carboxylic acids is 2. The lowest BCUT2D eigenvalue weighted by Gasteiger charge is -2.42. The molecule has 3 aliphatic rings. The maximum atomic E-state index is 13.5. The van der Waals surface area contributed by atoms with Crippen LogP contribution in [0.1, 0.15) is 56.9 Å². The first kappa shape index (κ1) is 29.1. The number of amides is 2. The van der Waals surface area contributed by atoms with E-state index in [2.05, 4.69) is 27.9 Å². The highest BCUT2D eigenvalue weighted by molar-refractivity contribution is 14.1. The van der Waals surface area contributed by atoms with Crippen molar-refractivity contribution in [1.82, 2.24) is 10.2 Å². The summed E-state index contributed by atoms with van der Waals surface area (Å²) < 4.78 is 12.5. The van der Waals surface area contributed by atoms with Crippen molar-refractivity contribution >= 4 is 34.4 Å². The lowest BCUT2D eigenvalue weighted by Crippen LogP contribution is -2.56. The van der Waals surface area contributed by atoms with Crippen LogP contribution >= 0.6 is 22.6 Å². The highest BCUT2D eigenvalue weighted by atomic mass is 127. The number of nitrogens with one attached hydrogen (secondary N) is 1. The summed E-state index contributed by atoms with van der Waals surface area (Å²) in [5.74, 6) is 0.863. The van der Waals surface area contributed by atoms with E-state index >= 15 is 0 Å².